The van der Waals surface area contributed by atoms with E-state index in [1.54, 1.807) is 25.3 Å². The third kappa shape index (κ3) is 4.51. The topological polar surface area (TPSA) is 44.8 Å². The summed E-state index contributed by atoms with van der Waals surface area (Å²) in [7, 11) is 1.55. The highest BCUT2D eigenvalue weighted by atomic mass is 16.5. The van der Waals surface area contributed by atoms with E-state index in [9.17, 15) is 4.79 Å². The molecule has 2 aromatic carbocycles. The van der Waals surface area contributed by atoms with E-state index in [2.05, 4.69) is 26.8 Å². The Balaban J connectivity index is 1.96. The standard InChI is InChI=1S/C20H24O4/c1-20(2,3)16-7-5-6-8-17(16)23-11-12-24-18-10-9-15(14-21)13-19(18)22-4/h5-10,13-14H,11-12H2,1-4H3. The zero-order valence-electron chi connectivity index (χ0n) is 14.7. The second-order valence-corrected chi connectivity index (χ2v) is 6.47. The van der Waals surface area contributed by atoms with Gasteiger partial charge < -0.3 is 14.2 Å². The van der Waals surface area contributed by atoms with Crippen LogP contribution < -0.4 is 14.2 Å². The lowest BCUT2D eigenvalue weighted by Crippen LogP contribution is -2.15. The SMILES string of the molecule is COc1cc(C=O)ccc1OCCOc1ccccc1C(C)(C)C. The van der Waals surface area contributed by atoms with Crippen LogP contribution in [0.15, 0.2) is 42.5 Å². The van der Waals surface area contributed by atoms with Crippen LogP contribution >= 0.6 is 0 Å². The molecule has 0 amide bonds. The van der Waals surface area contributed by atoms with Crippen LogP contribution in [-0.2, 0) is 5.41 Å². The zero-order chi connectivity index (χ0) is 17.6. The molecular formula is C20H24O4. The van der Waals surface area contributed by atoms with Gasteiger partial charge in [0, 0.05) is 5.56 Å². The van der Waals surface area contributed by atoms with Gasteiger partial charge in [0.05, 0.1) is 7.11 Å². The first-order valence-corrected chi connectivity index (χ1v) is 7.94. The maximum atomic E-state index is 10.8. The van der Waals surface area contributed by atoms with Gasteiger partial charge in [0.25, 0.3) is 0 Å². The quantitative estimate of drug-likeness (QED) is 0.562. The highest BCUT2D eigenvalue weighted by Crippen LogP contribution is 2.31. The van der Waals surface area contributed by atoms with Gasteiger partial charge in [-0.15, -0.1) is 0 Å². The monoisotopic (exact) mass is 328 g/mol. The van der Waals surface area contributed by atoms with E-state index in [0.717, 1.165) is 17.6 Å². The van der Waals surface area contributed by atoms with Crippen molar-refractivity contribution in [2.45, 2.75) is 26.2 Å². The Hall–Kier alpha value is -2.49. The van der Waals surface area contributed by atoms with Gasteiger partial charge in [0.2, 0.25) is 0 Å². The molecule has 0 unspecified atom stereocenters. The minimum atomic E-state index is 0.0192. The van der Waals surface area contributed by atoms with Crippen LogP contribution in [0.4, 0.5) is 0 Å². The van der Waals surface area contributed by atoms with E-state index in [0.29, 0.717) is 30.3 Å². The van der Waals surface area contributed by atoms with Crippen molar-refractivity contribution in [3.05, 3.63) is 53.6 Å². The normalized spacial score (nSPS) is 11.0. The Morgan fingerprint density at radius 3 is 2.21 bits per heavy atom. The number of rotatable bonds is 7. The molecule has 0 heterocycles. The molecule has 0 aliphatic carbocycles. The van der Waals surface area contributed by atoms with Gasteiger partial charge in [-0.2, -0.15) is 0 Å². The average Bonchev–Trinajstić information content (AvgIpc) is 2.58. The second-order valence-electron chi connectivity index (χ2n) is 6.47. The molecule has 4 heteroatoms. The summed E-state index contributed by atoms with van der Waals surface area (Å²) >= 11 is 0. The first-order valence-electron chi connectivity index (χ1n) is 7.94. The number of hydrogen-bond acceptors (Lipinski definition) is 4. The van der Waals surface area contributed by atoms with Crippen LogP contribution in [-0.4, -0.2) is 26.6 Å². The van der Waals surface area contributed by atoms with Gasteiger partial charge in [-0.3, -0.25) is 4.79 Å². The van der Waals surface area contributed by atoms with Gasteiger partial charge in [0.15, 0.2) is 11.5 Å². The van der Waals surface area contributed by atoms with E-state index in [4.69, 9.17) is 14.2 Å². The Morgan fingerprint density at radius 1 is 0.917 bits per heavy atom. The molecule has 0 saturated carbocycles. The molecule has 0 atom stereocenters. The summed E-state index contributed by atoms with van der Waals surface area (Å²) < 4.78 is 16.8. The zero-order valence-corrected chi connectivity index (χ0v) is 14.7. The molecule has 24 heavy (non-hydrogen) atoms. The molecule has 4 nitrogen and oxygen atoms in total. The fourth-order valence-corrected chi connectivity index (χ4v) is 2.39. The van der Waals surface area contributed by atoms with Crippen LogP contribution in [0.1, 0.15) is 36.7 Å². The fraction of sp³-hybridized carbons (Fsp3) is 0.350. The number of benzene rings is 2. The number of ether oxygens (including phenoxy) is 3. The maximum Gasteiger partial charge on any atom is 0.161 e. The maximum absolute atomic E-state index is 10.8. The molecule has 0 spiro atoms. The smallest absolute Gasteiger partial charge is 0.161 e. The van der Waals surface area contributed by atoms with Gasteiger partial charge in [0.1, 0.15) is 25.2 Å². The molecule has 0 saturated heterocycles. The average molecular weight is 328 g/mol. The largest absolute Gasteiger partial charge is 0.493 e. The molecule has 0 N–H and O–H groups in total. The van der Waals surface area contributed by atoms with Crippen LogP contribution in [0.5, 0.6) is 17.2 Å². The Labute approximate surface area is 143 Å². The summed E-state index contributed by atoms with van der Waals surface area (Å²) in [5, 5.41) is 0. The second kappa shape index (κ2) is 7.86. The molecule has 0 fully saturated rings. The first-order chi connectivity index (χ1) is 11.5. The minimum absolute atomic E-state index is 0.0192. The van der Waals surface area contributed by atoms with Crippen molar-refractivity contribution >= 4 is 6.29 Å². The summed E-state index contributed by atoms with van der Waals surface area (Å²) in [4.78, 5) is 10.8. The summed E-state index contributed by atoms with van der Waals surface area (Å²) in [5.41, 5.74) is 1.73. The molecular weight excluding hydrogens is 304 g/mol. The fourth-order valence-electron chi connectivity index (χ4n) is 2.39. The molecule has 0 aromatic heterocycles. The third-order valence-electron chi connectivity index (χ3n) is 3.62. The number of aldehydes is 1. The third-order valence-corrected chi connectivity index (χ3v) is 3.62. The van der Waals surface area contributed by atoms with Crippen molar-refractivity contribution in [3.8, 4) is 17.2 Å². The van der Waals surface area contributed by atoms with E-state index >= 15 is 0 Å². The van der Waals surface area contributed by atoms with Crippen molar-refractivity contribution in [2.75, 3.05) is 20.3 Å². The highest BCUT2D eigenvalue weighted by Gasteiger charge is 2.18. The lowest BCUT2D eigenvalue weighted by Gasteiger charge is -2.22. The predicted octanol–water partition coefficient (Wildman–Crippen LogP) is 4.26. The van der Waals surface area contributed by atoms with E-state index in [1.807, 2.05) is 18.2 Å². The van der Waals surface area contributed by atoms with Crippen molar-refractivity contribution in [1.29, 1.82) is 0 Å². The molecule has 128 valence electrons. The summed E-state index contributed by atoms with van der Waals surface area (Å²) in [6.45, 7) is 7.28. The number of carbonyl (C=O) groups excluding carboxylic acids is 1. The number of methoxy groups -OCH3 is 1. The first kappa shape index (κ1) is 17.9. The van der Waals surface area contributed by atoms with Crippen LogP contribution in [0.2, 0.25) is 0 Å². The number of carbonyl (C=O) groups is 1. The molecule has 2 rings (SSSR count). The lowest BCUT2D eigenvalue weighted by atomic mass is 9.86. The highest BCUT2D eigenvalue weighted by molar-refractivity contribution is 5.76. The summed E-state index contributed by atoms with van der Waals surface area (Å²) in [6.07, 6.45) is 0.777. The van der Waals surface area contributed by atoms with Gasteiger partial charge in [-0.25, -0.2) is 0 Å². The summed E-state index contributed by atoms with van der Waals surface area (Å²) in [6, 6.07) is 13.1. The number of hydrogen-bond donors (Lipinski definition) is 0. The number of para-hydroxylation sites is 1. The van der Waals surface area contributed by atoms with E-state index in [1.165, 1.54) is 0 Å². The molecule has 0 bridgehead atoms. The summed E-state index contributed by atoms with van der Waals surface area (Å²) in [5.74, 6) is 2.00. The Kier molecular flexibility index (Phi) is 5.85. The molecule has 0 aliphatic heterocycles. The van der Waals surface area contributed by atoms with Crippen LogP contribution in [0.25, 0.3) is 0 Å². The van der Waals surface area contributed by atoms with E-state index in [-0.39, 0.29) is 5.41 Å². The predicted molar refractivity (Wildman–Crippen MR) is 94.5 cm³/mol. The van der Waals surface area contributed by atoms with Gasteiger partial charge in [-0.05, 0) is 35.2 Å². The van der Waals surface area contributed by atoms with Crippen molar-refractivity contribution < 1.29 is 19.0 Å². The Bertz CT molecular complexity index is 686. The van der Waals surface area contributed by atoms with Crippen molar-refractivity contribution in [2.24, 2.45) is 0 Å². The lowest BCUT2D eigenvalue weighted by molar-refractivity contribution is 0.112. The van der Waals surface area contributed by atoms with Crippen LogP contribution in [0.3, 0.4) is 0 Å². The minimum Gasteiger partial charge on any atom is -0.493 e. The van der Waals surface area contributed by atoms with Crippen molar-refractivity contribution in [1.82, 2.24) is 0 Å². The van der Waals surface area contributed by atoms with Gasteiger partial charge in [-0.1, -0.05) is 39.0 Å². The molecule has 2 aromatic rings. The molecule has 0 aliphatic rings. The van der Waals surface area contributed by atoms with Crippen LogP contribution in [0, 0.1) is 0 Å². The molecule has 0 radical (unpaired) electrons. The van der Waals surface area contributed by atoms with E-state index < -0.39 is 0 Å². The Morgan fingerprint density at radius 2 is 1.58 bits per heavy atom. The van der Waals surface area contributed by atoms with Crippen molar-refractivity contribution in [3.63, 3.8) is 0 Å². The van der Waals surface area contributed by atoms with Gasteiger partial charge >= 0.3 is 0 Å².